The number of hydrogen-bond donors (Lipinski definition) is 2. The monoisotopic (exact) mass is 594 g/mol. The molecule has 4 aromatic rings. The number of rotatable bonds is 8. The van der Waals surface area contributed by atoms with Gasteiger partial charge in [0.25, 0.3) is 5.56 Å². The van der Waals surface area contributed by atoms with Crippen LogP contribution in [-0.4, -0.2) is 31.9 Å². The molecule has 0 radical (unpaired) electrons. The van der Waals surface area contributed by atoms with Crippen molar-refractivity contribution in [2.24, 2.45) is 0 Å². The SMILES string of the molecule is CCOC(=O)n1nc(NCc2c(Br)ccc(N)c2F)c2c1CN(Cc1ccc(Cn3ccccc3=O)cc1)C2. The first-order valence-corrected chi connectivity index (χ1v) is 13.3. The number of nitrogens with one attached hydrogen (secondary N) is 1. The second-order valence-corrected chi connectivity index (χ2v) is 10.2. The zero-order valence-electron chi connectivity index (χ0n) is 21.4. The molecule has 0 bridgehead atoms. The van der Waals surface area contributed by atoms with Gasteiger partial charge in [0.1, 0.15) is 0 Å². The molecule has 0 amide bonds. The highest BCUT2D eigenvalue weighted by Crippen LogP contribution is 2.32. The van der Waals surface area contributed by atoms with Crippen LogP contribution in [0.2, 0.25) is 0 Å². The molecule has 1 aliphatic rings. The number of hydrogen-bond acceptors (Lipinski definition) is 7. The third-order valence-corrected chi connectivity index (χ3v) is 7.36. The van der Waals surface area contributed by atoms with Gasteiger partial charge in [-0.3, -0.25) is 9.69 Å². The summed E-state index contributed by atoms with van der Waals surface area (Å²) >= 11 is 3.38. The average molecular weight is 595 g/mol. The third kappa shape index (κ3) is 5.74. The van der Waals surface area contributed by atoms with Crippen molar-refractivity contribution in [3.8, 4) is 0 Å². The summed E-state index contributed by atoms with van der Waals surface area (Å²) in [5, 5.41) is 7.64. The van der Waals surface area contributed by atoms with Crippen molar-refractivity contribution in [2.45, 2.75) is 39.6 Å². The number of carbonyl (C=O) groups excluding carboxylic acids is 1. The Morgan fingerprint density at radius 2 is 1.85 bits per heavy atom. The van der Waals surface area contributed by atoms with Crippen LogP contribution >= 0.6 is 15.9 Å². The van der Waals surface area contributed by atoms with Gasteiger partial charge in [0, 0.05) is 54.0 Å². The Morgan fingerprint density at radius 3 is 2.56 bits per heavy atom. The Kier molecular flexibility index (Phi) is 7.80. The lowest BCUT2D eigenvalue weighted by molar-refractivity contribution is 0.148. The number of halogens is 2. The van der Waals surface area contributed by atoms with Crippen molar-refractivity contribution < 1.29 is 13.9 Å². The van der Waals surface area contributed by atoms with Crippen LogP contribution < -0.4 is 16.6 Å². The molecule has 0 spiro atoms. The molecule has 0 atom stereocenters. The summed E-state index contributed by atoms with van der Waals surface area (Å²) in [7, 11) is 0. The van der Waals surface area contributed by atoms with E-state index in [2.05, 4.69) is 31.2 Å². The molecule has 39 heavy (non-hydrogen) atoms. The first kappa shape index (κ1) is 26.6. The third-order valence-electron chi connectivity index (χ3n) is 6.62. The number of pyridine rings is 1. The molecule has 3 heterocycles. The summed E-state index contributed by atoms with van der Waals surface area (Å²) in [6.07, 6.45) is 1.22. The maximum Gasteiger partial charge on any atom is 0.435 e. The van der Waals surface area contributed by atoms with Crippen molar-refractivity contribution in [3.05, 3.63) is 109 Å². The lowest BCUT2D eigenvalue weighted by atomic mass is 10.1. The van der Waals surface area contributed by atoms with E-state index in [-0.39, 0.29) is 24.4 Å². The van der Waals surface area contributed by atoms with Gasteiger partial charge in [0.2, 0.25) is 0 Å². The quantitative estimate of drug-likeness (QED) is 0.284. The predicted octanol–water partition coefficient (Wildman–Crippen LogP) is 4.71. The van der Waals surface area contributed by atoms with E-state index in [0.717, 1.165) is 22.4 Å². The van der Waals surface area contributed by atoms with Gasteiger partial charge in [-0.25, -0.2) is 9.18 Å². The van der Waals surface area contributed by atoms with E-state index in [1.165, 1.54) is 10.7 Å². The highest BCUT2D eigenvalue weighted by molar-refractivity contribution is 9.10. The van der Waals surface area contributed by atoms with Gasteiger partial charge in [-0.2, -0.15) is 4.68 Å². The van der Waals surface area contributed by atoms with E-state index in [4.69, 9.17) is 10.5 Å². The Hall–Kier alpha value is -3.96. The van der Waals surface area contributed by atoms with Gasteiger partial charge in [-0.15, -0.1) is 5.10 Å². The largest absolute Gasteiger partial charge is 0.448 e. The molecule has 9 nitrogen and oxygen atoms in total. The highest BCUT2D eigenvalue weighted by atomic mass is 79.9. The topological polar surface area (TPSA) is 107 Å². The van der Waals surface area contributed by atoms with Crippen molar-refractivity contribution in [3.63, 3.8) is 0 Å². The summed E-state index contributed by atoms with van der Waals surface area (Å²) in [4.78, 5) is 26.8. The molecule has 2 aromatic carbocycles. The summed E-state index contributed by atoms with van der Waals surface area (Å²) in [5.74, 6) is -0.00140. The Bertz CT molecular complexity index is 1570. The number of fused-ring (bicyclic) bond motifs is 1. The minimum atomic E-state index is -0.555. The number of nitrogens with two attached hydrogens (primary N) is 1. The zero-order valence-corrected chi connectivity index (χ0v) is 22.9. The van der Waals surface area contributed by atoms with Crippen molar-refractivity contribution in [1.82, 2.24) is 19.2 Å². The number of carbonyl (C=O) groups is 1. The molecule has 1 aliphatic heterocycles. The van der Waals surface area contributed by atoms with Crippen molar-refractivity contribution in [1.29, 1.82) is 0 Å². The number of aromatic nitrogens is 3. The van der Waals surface area contributed by atoms with Crippen LogP contribution in [0.5, 0.6) is 0 Å². The second kappa shape index (κ2) is 11.4. The molecule has 5 rings (SSSR count). The number of nitrogens with zero attached hydrogens (tertiary/aromatic N) is 4. The van der Waals surface area contributed by atoms with Gasteiger partial charge in [0.05, 0.1) is 24.5 Å². The fourth-order valence-electron chi connectivity index (χ4n) is 4.64. The first-order chi connectivity index (χ1) is 18.8. The van der Waals surface area contributed by atoms with E-state index in [9.17, 15) is 14.0 Å². The average Bonchev–Trinajstić information content (AvgIpc) is 3.48. The summed E-state index contributed by atoms with van der Waals surface area (Å²) in [6, 6.07) is 16.4. The summed E-state index contributed by atoms with van der Waals surface area (Å²) in [5.41, 5.74) is 9.87. The van der Waals surface area contributed by atoms with Crippen LogP contribution in [-0.2, 0) is 37.5 Å². The number of anilines is 2. The fraction of sp³-hybridized carbons (Fsp3) is 0.250. The zero-order chi connectivity index (χ0) is 27.5. The minimum absolute atomic E-state index is 0.0395. The normalized spacial score (nSPS) is 12.9. The maximum atomic E-state index is 14.6. The first-order valence-electron chi connectivity index (χ1n) is 12.5. The Morgan fingerprint density at radius 1 is 1.10 bits per heavy atom. The molecule has 0 saturated carbocycles. The van der Waals surface area contributed by atoms with E-state index in [1.54, 1.807) is 35.9 Å². The van der Waals surface area contributed by atoms with Crippen LogP contribution in [0, 0.1) is 5.82 Å². The minimum Gasteiger partial charge on any atom is -0.448 e. The molecule has 11 heteroatoms. The van der Waals surface area contributed by atoms with E-state index in [1.807, 2.05) is 30.3 Å². The maximum absolute atomic E-state index is 14.6. The van der Waals surface area contributed by atoms with Gasteiger partial charge < -0.3 is 20.4 Å². The molecule has 0 unspecified atom stereocenters. The van der Waals surface area contributed by atoms with E-state index < -0.39 is 11.9 Å². The van der Waals surface area contributed by atoms with Gasteiger partial charge in [0.15, 0.2) is 11.6 Å². The molecule has 0 saturated heterocycles. The fourth-order valence-corrected chi connectivity index (χ4v) is 5.09. The lowest BCUT2D eigenvalue weighted by Crippen LogP contribution is -2.22. The van der Waals surface area contributed by atoms with Crippen molar-refractivity contribution in [2.75, 3.05) is 17.7 Å². The standard InChI is InChI=1S/C28H28BrFN6O3/c1-2-39-28(38)36-24-17-34(14-18-6-8-19(9-7-18)15-35-12-4-3-5-25(35)37)16-21(24)27(33-36)32-13-20-22(29)10-11-23(31)26(20)30/h3-12H,2,13-17,31H2,1H3,(H,32,33). The van der Waals surface area contributed by atoms with Gasteiger partial charge >= 0.3 is 6.09 Å². The lowest BCUT2D eigenvalue weighted by Gasteiger charge is -2.17. The molecular weight excluding hydrogens is 567 g/mol. The summed E-state index contributed by atoms with van der Waals surface area (Å²) in [6.45, 7) is 4.31. The smallest absolute Gasteiger partial charge is 0.435 e. The van der Waals surface area contributed by atoms with Crippen molar-refractivity contribution >= 4 is 33.5 Å². The van der Waals surface area contributed by atoms with Gasteiger partial charge in [-0.05, 0) is 36.2 Å². The Balaban J connectivity index is 1.31. The van der Waals surface area contributed by atoms with E-state index >= 15 is 0 Å². The van der Waals surface area contributed by atoms with Crippen LogP contribution in [0.1, 0.15) is 34.9 Å². The van der Waals surface area contributed by atoms with Crippen LogP contribution in [0.4, 0.5) is 20.7 Å². The molecular formula is C28H28BrFN6O3. The van der Waals surface area contributed by atoms with Crippen LogP contribution in [0.15, 0.2) is 70.1 Å². The van der Waals surface area contributed by atoms with Gasteiger partial charge in [-0.1, -0.05) is 46.3 Å². The number of nitrogen functional groups attached to an aromatic ring is 1. The number of ether oxygens (including phenoxy) is 1. The van der Waals surface area contributed by atoms with Crippen LogP contribution in [0.3, 0.4) is 0 Å². The molecule has 3 N–H and O–H groups in total. The molecule has 2 aromatic heterocycles. The molecule has 202 valence electrons. The Labute approximate surface area is 233 Å². The number of benzene rings is 2. The molecule has 0 fully saturated rings. The van der Waals surface area contributed by atoms with E-state index in [0.29, 0.717) is 42.0 Å². The summed E-state index contributed by atoms with van der Waals surface area (Å²) < 4.78 is 23.4. The second-order valence-electron chi connectivity index (χ2n) is 9.30. The highest BCUT2D eigenvalue weighted by Gasteiger charge is 2.31. The predicted molar refractivity (Wildman–Crippen MR) is 150 cm³/mol. The molecule has 0 aliphatic carbocycles. The van der Waals surface area contributed by atoms with Crippen LogP contribution in [0.25, 0.3) is 0 Å².